The van der Waals surface area contributed by atoms with E-state index in [9.17, 15) is 9.18 Å². The third kappa shape index (κ3) is 5.02. The lowest BCUT2D eigenvalue weighted by molar-refractivity contribution is 0.0927. The fourth-order valence-corrected chi connectivity index (χ4v) is 3.22. The van der Waals surface area contributed by atoms with Gasteiger partial charge >= 0.3 is 0 Å². The zero-order chi connectivity index (χ0) is 17.5. The van der Waals surface area contributed by atoms with Crippen molar-refractivity contribution < 1.29 is 9.18 Å². The molecular weight excluding hydrogens is 317 g/mol. The van der Waals surface area contributed by atoms with Gasteiger partial charge in [-0.15, -0.1) is 0 Å². The second kappa shape index (κ2) is 8.60. The van der Waals surface area contributed by atoms with Crippen molar-refractivity contribution in [3.63, 3.8) is 0 Å². The van der Waals surface area contributed by atoms with Crippen LogP contribution in [0.25, 0.3) is 0 Å². The summed E-state index contributed by atoms with van der Waals surface area (Å²) in [6, 6.07) is 8.84. The van der Waals surface area contributed by atoms with E-state index in [2.05, 4.69) is 15.6 Å². The number of hydrogen-bond donors (Lipinski definition) is 2. The molecule has 1 aliphatic rings. The average molecular weight is 341 g/mol. The van der Waals surface area contributed by atoms with Crippen LogP contribution in [-0.2, 0) is 6.42 Å². The molecule has 1 amide bonds. The van der Waals surface area contributed by atoms with Gasteiger partial charge in [0, 0.05) is 25.0 Å². The summed E-state index contributed by atoms with van der Waals surface area (Å²) < 4.78 is 13.6. The van der Waals surface area contributed by atoms with Crippen molar-refractivity contribution in [1.82, 2.24) is 10.3 Å². The van der Waals surface area contributed by atoms with Crippen LogP contribution in [0.2, 0.25) is 0 Å². The van der Waals surface area contributed by atoms with E-state index in [1.54, 1.807) is 30.6 Å². The van der Waals surface area contributed by atoms with Crippen LogP contribution in [0.5, 0.6) is 0 Å². The van der Waals surface area contributed by atoms with Gasteiger partial charge in [0.05, 0.1) is 11.3 Å². The Morgan fingerprint density at radius 2 is 1.96 bits per heavy atom. The van der Waals surface area contributed by atoms with Gasteiger partial charge in [-0.05, 0) is 37.0 Å². The lowest BCUT2D eigenvalue weighted by Gasteiger charge is -2.22. The third-order valence-corrected chi connectivity index (χ3v) is 4.62. The molecule has 2 N–H and O–H groups in total. The van der Waals surface area contributed by atoms with Crippen molar-refractivity contribution in [2.24, 2.45) is 0 Å². The van der Waals surface area contributed by atoms with Crippen molar-refractivity contribution in [2.45, 2.75) is 44.6 Å². The number of nitrogens with zero attached hydrogens (tertiary/aromatic N) is 1. The summed E-state index contributed by atoms with van der Waals surface area (Å²) in [5.41, 5.74) is 2.00. The van der Waals surface area contributed by atoms with Gasteiger partial charge in [0.15, 0.2) is 0 Å². The fraction of sp³-hybridized carbons (Fsp3) is 0.400. The highest BCUT2D eigenvalue weighted by Crippen LogP contribution is 2.18. The Kier molecular flexibility index (Phi) is 5.99. The molecule has 1 aromatic carbocycles. The highest BCUT2D eigenvalue weighted by Gasteiger charge is 2.17. The average Bonchev–Trinajstić information content (AvgIpc) is 2.64. The second-order valence-electron chi connectivity index (χ2n) is 6.54. The molecule has 0 aliphatic heterocycles. The number of carbonyl (C=O) groups excluding carboxylic acids is 1. The molecule has 1 fully saturated rings. The van der Waals surface area contributed by atoms with Crippen molar-refractivity contribution in [1.29, 1.82) is 0 Å². The number of aromatic nitrogens is 1. The lowest BCUT2D eigenvalue weighted by Crippen LogP contribution is -2.36. The van der Waals surface area contributed by atoms with E-state index in [1.807, 2.05) is 6.07 Å². The third-order valence-electron chi connectivity index (χ3n) is 4.62. The molecule has 0 spiro atoms. The normalized spacial score (nSPS) is 14.9. The number of benzene rings is 1. The van der Waals surface area contributed by atoms with E-state index in [0.717, 1.165) is 18.5 Å². The number of pyridine rings is 1. The predicted molar refractivity (Wildman–Crippen MR) is 97.2 cm³/mol. The molecule has 25 heavy (non-hydrogen) atoms. The molecule has 1 saturated carbocycles. The smallest absolute Gasteiger partial charge is 0.253 e. The molecule has 0 saturated heterocycles. The molecule has 4 nitrogen and oxygen atoms in total. The van der Waals surface area contributed by atoms with Gasteiger partial charge in [0.25, 0.3) is 5.91 Å². The molecule has 1 heterocycles. The van der Waals surface area contributed by atoms with Crippen LogP contribution >= 0.6 is 0 Å². The van der Waals surface area contributed by atoms with Crippen molar-refractivity contribution >= 4 is 11.6 Å². The Balaban J connectivity index is 1.53. The lowest BCUT2D eigenvalue weighted by atomic mass is 9.95. The standard InChI is InChI=1S/C20H24FN3O/c21-19-9-5-4-6-15(19)10-11-23-18-12-16(13-22-14-18)20(25)24-17-7-2-1-3-8-17/h4-6,9,12-14,17,23H,1-3,7-8,10-11H2,(H,24,25). The topological polar surface area (TPSA) is 54.0 Å². The highest BCUT2D eigenvalue weighted by molar-refractivity contribution is 5.94. The number of carbonyl (C=O) groups is 1. The Bertz CT molecular complexity index is 714. The van der Waals surface area contributed by atoms with Crippen LogP contribution in [0.15, 0.2) is 42.7 Å². The summed E-state index contributed by atoms with van der Waals surface area (Å²) in [5, 5.41) is 6.31. The maximum atomic E-state index is 13.6. The maximum Gasteiger partial charge on any atom is 0.253 e. The molecule has 0 bridgehead atoms. The SMILES string of the molecule is O=C(NC1CCCCC1)c1cncc(NCCc2ccccc2F)c1. The van der Waals surface area contributed by atoms with Gasteiger partial charge in [-0.2, -0.15) is 0 Å². The summed E-state index contributed by atoms with van der Waals surface area (Å²) in [7, 11) is 0. The van der Waals surface area contributed by atoms with E-state index in [1.165, 1.54) is 25.3 Å². The van der Waals surface area contributed by atoms with Crippen LogP contribution in [-0.4, -0.2) is 23.5 Å². The number of rotatable bonds is 6. The molecule has 1 aromatic heterocycles. The number of anilines is 1. The zero-order valence-corrected chi connectivity index (χ0v) is 14.3. The molecule has 2 aromatic rings. The van der Waals surface area contributed by atoms with E-state index in [0.29, 0.717) is 24.1 Å². The van der Waals surface area contributed by atoms with E-state index in [-0.39, 0.29) is 17.8 Å². The van der Waals surface area contributed by atoms with Gasteiger partial charge in [-0.3, -0.25) is 9.78 Å². The minimum atomic E-state index is -0.192. The molecular formula is C20H24FN3O. The van der Waals surface area contributed by atoms with Crippen LogP contribution in [0.1, 0.15) is 48.0 Å². The van der Waals surface area contributed by atoms with Crippen LogP contribution in [0.4, 0.5) is 10.1 Å². The first kappa shape index (κ1) is 17.4. The van der Waals surface area contributed by atoms with Gasteiger partial charge in [0.1, 0.15) is 5.82 Å². The summed E-state index contributed by atoms with van der Waals surface area (Å²) in [6.45, 7) is 0.580. The zero-order valence-electron chi connectivity index (χ0n) is 14.3. The number of hydrogen-bond acceptors (Lipinski definition) is 3. The fourth-order valence-electron chi connectivity index (χ4n) is 3.22. The Labute approximate surface area is 147 Å². The molecule has 5 heteroatoms. The van der Waals surface area contributed by atoms with Crippen LogP contribution < -0.4 is 10.6 Å². The van der Waals surface area contributed by atoms with Gasteiger partial charge in [-0.25, -0.2) is 4.39 Å². The largest absolute Gasteiger partial charge is 0.383 e. The van der Waals surface area contributed by atoms with Gasteiger partial charge < -0.3 is 10.6 Å². The number of halogens is 1. The predicted octanol–water partition coefficient (Wildman–Crippen LogP) is 3.94. The Morgan fingerprint density at radius 1 is 1.16 bits per heavy atom. The maximum absolute atomic E-state index is 13.6. The molecule has 3 rings (SSSR count). The molecule has 1 aliphatic carbocycles. The first-order chi connectivity index (χ1) is 12.2. The van der Waals surface area contributed by atoms with E-state index in [4.69, 9.17) is 0 Å². The van der Waals surface area contributed by atoms with E-state index >= 15 is 0 Å². The monoisotopic (exact) mass is 341 g/mol. The summed E-state index contributed by atoms with van der Waals surface area (Å²) in [6.07, 6.45) is 9.57. The Hall–Kier alpha value is -2.43. The molecule has 0 atom stereocenters. The first-order valence-electron chi connectivity index (χ1n) is 8.95. The first-order valence-corrected chi connectivity index (χ1v) is 8.95. The van der Waals surface area contributed by atoms with Gasteiger partial charge in [0.2, 0.25) is 0 Å². The summed E-state index contributed by atoms with van der Waals surface area (Å²) in [5.74, 6) is -0.264. The van der Waals surface area contributed by atoms with Crippen molar-refractivity contribution in [3.8, 4) is 0 Å². The quantitative estimate of drug-likeness (QED) is 0.837. The van der Waals surface area contributed by atoms with Crippen molar-refractivity contribution in [2.75, 3.05) is 11.9 Å². The van der Waals surface area contributed by atoms with Crippen LogP contribution in [0, 0.1) is 5.82 Å². The minimum absolute atomic E-state index is 0.0721. The molecule has 132 valence electrons. The number of nitrogens with one attached hydrogen (secondary N) is 2. The van der Waals surface area contributed by atoms with Crippen molar-refractivity contribution in [3.05, 3.63) is 59.7 Å². The number of amides is 1. The van der Waals surface area contributed by atoms with E-state index < -0.39 is 0 Å². The molecule has 0 radical (unpaired) electrons. The van der Waals surface area contributed by atoms with Gasteiger partial charge in [-0.1, -0.05) is 37.5 Å². The Morgan fingerprint density at radius 3 is 2.76 bits per heavy atom. The van der Waals surface area contributed by atoms with Crippen LogP contribution in [0.3, 0.4) is 0 Å². The summed E-state index contributed by atoms with van der Waals surface area (Å²) >= 11 is 0. The summed E-state index contributed by atoms with van der Waals surface area (Å²) in [4.78, 5) is 16.5. The molecule has 0 unspecified atom stereocenters. The minimum Gasteiger partial charge on any atom is -0.383 e. The highest BCUT2D eigenvalue weighted by atomic mass is 19.1. The second-order valence-corrected chi connectivity index (χ2v) is 6.54.